The molecule has 10 nitrogen and oxygen atoms in total. The van der Waals surface area contributed by atoms with Gasteiger partial charge >= 0.3 is 0 Å². The first-order valence-corrected chi connectivity index (χ1v) is 10.00. The van der Waals surface area contributed by atoms with E-state index in [1.807, 2.05) is 0 Å². The van der Waals surface area contributed by atoms with E-state index in [4.69, 9.17) is 8.83 Å². The standard InChI is InChI=1S/C20H15N5O5S/c1-12-6-7-13(10-14(12)25(27)28)21-17(26)11-31-20-22-18(15-4-2-8-29-15)19(23-24-20)16-5-3-9-30-16/h2-10H,11H2,1H3,(H,21,26). The summed E-state index contributed by atoms with van der Waals surface area (Å²) in [5.41, 5.74) is 1.65. The summed E-state index contributed by atoms with van der Waals surface area (Å²) in [6.07, 6.45) is 3.04. The highest BCUT2D eigenvalue weighted by Crippen LogP contribution is 2.30. The Morgan fingerprint density at radius 3 is 2.45 bits per heavy atom. The molecule has 4 rings (SSSR count). The molecule has 1 aromatic carbocycles. The van der Waals surface area contributed by atoms with Gasteiger partial charge in [-0.3, -0.25) is 14.9 Å². The molecule has 0 radical (unpaired) electrons. The van der Waals surface area contributed by atoms with Gasteiger partial charge in [-0.05, 0) is 37.3 Å². The predicted octanol–water partition coefficient (Wildman–Crippen LogP) is 4.34. The number of nitrogens with zero attached hydrogens (tertiary/aromatic N) is 4. The van der Waals surface area contributed by atoms with Crippen molar-refractivity contribution in [3.63, 3.8) is 0 Å². The molecule has 3 heterocycles. The number of thioether (sulfide) groups is 1. The average Bonchev–Trinajstić information content (AvgIpc) is 3.47. The summed E-state index contributed by atoms with van der Waals surface area (Å²) in [5.74, 6) is 0.601. The topological polar surface area (TPSA) is 137 Å². The first kappa shape index (κ1) is 20.3. The fourth-order valence-electron chi connectivity index (χ4n) is 2.75. The van der Waals surface area contributed by atoms with Crippen molar-refractivity contribution in [1.29, 1.82) is 0 Å². The van der Waals surface area contributed by atoms with E-state index in [2.05, 4.69) is 20.5 Å². The summed E-state index contributed by atoms with van der Waals surface area (Å²) >= 11 is 1.08. The van der Waals surface area contributed by atoms with Gasteiger partial charge in [-0.15, -0.1) is 10.2 Å². The maximum absolute atomic E-state index is 12.3. The summed E-state index contributed by atoms with van der Waals surface area (Å²) in [5, 5.41) is 22.2. The number of aryl methyl sites for hydroxylation is 1. The number of carbonyl (C=O) groups is 1. The molecule has 0 aliphatic carbocycles. The van der Waals surface area contributed by atoms with E-state index in [1.54, 1.807) is 43.3 Å². The Morgan fingerprint density at radius 2 is 1.81 bits per heavy atom. The van der Waals surface area contributed by atoms with Crippen LogP contribution < -0.4 is 5.32 Å². The minimum absolute atomic E-state index is 0.0128. The molecule has 156 valence electrons. The van der Waals surface area contributed by atoms with Gasteiger partial charge in [0.05, 0.1) is 23.2 Å². The van der Waals surface area contributed by atoms with Crippen molar-refractivity contribution < 1.29 is 18.6 Å². The van der Waals surface area contributed by atoms with Crippen LogP contribution >= 0.6 is 11.8 Å². The average molecular weight is 437 g/mol. The highest BCUT2D eigenvalue weighted by Gasteiger charge is 2.18. The van der Waals surface area contributed by atoms with Crippen LogP contribution in [0.3, 0.4) is 0 Å². The molecule has 4 aromatic rings. The van der Waals surface area contributed by atoms with E-state index in [0.29, 0.717) is 34.2 Å². The van der Waals surface area contributed by atoms with Crippen LogP contribution in [-0.4, -0.2) is 31.8 Å². The zero-order valence-corrected chi connectivity index (χ0v) is 17.0. The highest BCUT2D eigenvalue weighted by molar-refractivity contribution is 7.99. The molecule has 0 fully saturated rings. The second-order valence-corrected chi connectivity index (χ2v) is 7.28. The Labute approximate surface area is 179 Å². The normalized spacial score (nSPS) is 10.7. The van der Waals surface area contributed by atoms with Gasteiger partial charge in [0.25, 0.3) is 5.69 Å². The van der Waals surface area contributed by atoms with Gasteiger partial charge in [-0.25, -0.2) is 4.98 Å². The summed E-state index contributed by atoms with van der Waals surface area (Å²) in [4.78, 5) is 27.3. The van der Waals surface area contributed by atoms with Crippen LogP contribution in [0.5, 0.6) is 0 Å². The van der Waals surface area contributed by atoms with Gasteiger partial charge < -0.3 is 14.2 Å². The van der Waals surface area contributed by atoms with Gasteiger partial charge in [0.1, 0.15) is 5.69 Å². The van der Waals surface area contributed by atoms with E-state index < -0.39 is 4.92 Å². The lowest BCUT2D eigenvalue weighted by atomic mass is 10.2. The lowest BCUT2D eigenvalue weighted by Gasteiger charge is -2.07. The molecule has 0 aliphatic rings. The molecular formula is C20H15N5O5S. The number of benzene rings is 1. The van der Waals surface area contributed by atoms with Crippen LogP contribution in [0.1, 0.15) is 5.56 Å². The van der Waals surface area contributed by atoms with Crippen LogP contribution in [-0.2, 0) is 4.79 Å². The van der Waals surface area contributed by atoms with Crippen molar-refractivity contribution in [3.8, 4) is 22.9 Å². The van der Waals surface area contributed by atoms with Gasteiger partial charge in [0, 0.05) is 17.3 Å². The number of furan rings is 2. The number of anilines is 1. The van der Waals surface area contributed by atoms with E-state index in [-0.39, 0.29) is 22.5 Å². The Hall–Kier alpha value is -3.99. The van der Waals surface area contributed by atoms with Crippen molar-refractivity contribution in [3.05, 3.63) is 70.7 Å². The molecule has 0 unspecified atom stereocenters. The molecule has 0 bridgehead atoms. The summed E-state index contributed by atoms with van der Waals surface area (Å²) in [6.45, 7) is 1.63. The molecule has 0 spiro atoms. The van der Waals surface area contributed by atoms with E-state index in [9.17, 15) is 14.9 Å². The number of nitro benzene ring substituents is 1. The fraction of sp³-hybridized carbons (Fsp3) is 0.100. The van der Waals surface area contributed by atoms with Crippen molar-refractivity contribution in [2.75, 3.05) is 11.1 Å². The van der Waals surface area contributed by atoms with E-state index >= 15 is 0 Å². The van der Waals surface area contributed by atoms with Crippen LogP contribution in [0.2, 0.25) is 0 Å². The zero-order valence-electron chi connectivity index (χ0n) is 16.1. The smallest absolute Gasteiger partial charge is 0.274 e. The van der Waals surface area contributed by atoms with Crippen LogP contribution in [0.25, 0.3) is 22.9 Å². The van der Waals surface area contributed by atoms with Gasteiger partial charge in [-0.2, -0.15) is 0 Å². The molecule has 0 saturated heterocycles. The molecule has 31 heavy (non-hydrogen) atoms. The third kappa shape index (κ3) is 4.61. The number of nitro groups is 1. The maximum atomic E-state index is 12.3. The summed E-state index contributed by atoms with van der Waals surface area (Å²) in [7, 11) is 0. The van der Waals surface area contributed by atoms with E-state index in [1.165, 1.54) is 18.6 Å². The quantitative estimate of drug-likeness (QED) is 0.254. The lowest BCUT2D eigenvalue weighted by molar-refractivity contribution is -0.385. The number of hydrogen-bond acceptors (Lipinski definition) is 9. The maximum Gasteiger partial charge on any atom is 0.274 e. The first-order valence-electron chi connectivity index (χ1n) is 9.01. The first-order chi connectivity index (χ1) is 15.0. The molecular weight excluding hydrogens is 422 g/mol. The number of nitrogens with one attached hydrogen (secondary N) is 1. The third-order valence-corrected chi connectivity index (χ3v) is 5.04. The Bertz CT molecular complexity index is 1230. The third-order valence-electron chi connectivity index (χ3n) is 4.20. The molecule has 11 heteroatoms. The van der Waals surface area contributed by atoms with Crippen molar-refractivity contribution in [2.45, 2.75) is 12.1 Å². The molecule has 1 N–H and O–H groups in total. The van der Waals surface area contributed by atoms with Crippen molar-refractivity contribution >= 4 is 29.0 Å². The summed E-state index contributed by atoms with van der Waals surface area (Å²) in [6, 6.07) is 11.4. The van der Waals surface area contributed by atoms with Crippen molar-refractivity contribution in [1.82, 2.24) is 15.2 Å². The van der Waals surface area contributed by atoms with Crippen LogP contribution in [0.15, 0.2) is 69.0 Å². The Morgan fingerprint density at radius 1 is 1.10 bits per heavy atom. The minimum atomic E-state index is -0.490. The van der Waals surface area contributed by atoms with Crippen molar-refractivity contribution in [2.24, 2.45) is 0 Å². The van der Waals surface area contributed by atoms with E-state index in [0.717, 1.165) is 11.8 Å². The number of carbonyl (C=O) groups excluding carboxylic acids is 1. The van der Waals surface area contributed by atoms with Gasteiger partial charge in [-0.1, -0.05) is 17.8 Å². The lowest BCUT2D eigenvalue weighted by Crippen LogP contribution is -2.14. The van der Waals surface area contributed by atoms with Gasteiger partial charge in [0.2, 0.25) is 11.1 Å². The zero-order chi connectivity index (χ0) is 21.8. The SMILES string of the molecule is Cc1ccc(NC(=O)CSc2nnc(-c3ccco3)c(-c3ccco3)n2)cc1[N+](=O)[O-]. The monoisotopic (exact) mass is 437 g/mol. The number of aromatic nitrogens is 3. The number of rotatable bonds is 7. The number of amides is 1. The van der Waals surface area contributed by atoms with Crippen LogP contribution in [0, 0.1) is 17.0 Å². The van der Waals surface area contributed by atoms with Crippen LogP contribution in [0.4, 0.5) is 11.4 Å². The Kier molecular flexibility index (Phi) is 5.76. The predicted molar refractivity (Wildman–Crippen MR) is 112 cm³/mol. The fourth-order valence-corrected chi connectivity index (χ4v) is 3.33. The second-order valence-electron chi connectivity index (χ2n) is 6.34. The molecule has 0 atom stereocenters. The Balaban J connectivity index is 1.49. The second kappa shape index (κ2) is 8.79. The highest BCUT2D eigenvalue weighted by atomic mass is 32.2. The molecule has 3 aromatic heterocycles. The summed E-state index contributed by atoms with van der Waals surface area (Å²) < 4.78 is 10.8. The molecule has 0 saturated carbocycles. The minimum Gasteiger partial charge on any atom is -0.463 e. The largest absolute Gasteiger partial charge is 0.463 e. The molecule has 0 aliphatic heterocycles. The molecule has 1 amide bonds. The van der Waals surface area contributed by atoms with Gasteiger partial charge in [0.15, 0.2) is 17.2 Å². The number of hydrogen-bond donors (Lipinski definition) is 1.